The second kappa shape index (κ2) is 10.3. The first kappa shape index (κ1) is 23.2. The second-order valence-corrected chi connectivity index (χ2v) is 8.80. The Morgan fingerprint density at radius 1 is 1.06 bits per heavy atom. The molecule has 0 aromatic heterocycles. The number of benzene rings is 3. The van der Waals surface area contributed by atoms with Gasteiger partial charge in [-0.05, 0) is 47.9 Å². The summed E-state index contributed by atoms with van der Waals surface area (Å²) >= 11 is 1.57. The van der Waals surface area contributed by atoms with E-state index in [0.29, 0.717) is 29.1 Å². The first-order valence-corrected chi connectivity index (χ1v) is 11.6. The summed E-state index contributed by atoms with van der Waals surface area (Å²) in [5.41, 5.74) is 6.16. The molecule has 0 bridgehead atoms. The van der Waals surface area contributed by atoms with E-state index in [0.717, 1.165) is 11.1 Å². The van der Waals surface area contributed by atoms with Crippen molar-refractivity contribution in [1.29, 1.82) is 0 Å². The summed E-state index contributed by atoms with van der Waals surface area (Å²) in [5, 5.41) is 14.8. The van der Waals surface area contributed by atoms with Gasteiger partial charge in [0.1, 0.15) is 5.37 Å². The number of nitrogens with zero attached hydrogens (tertiary/aromatic N) is 3. The van der Waals surface area contributed by atoms with Crippen molar-refractivity contribution in [2.24, 2.45) is 5.10 Å². The molecular weight excluding hydrogens is 452 g/mol. The molecule has 0 spiro atoms. The van der Waals surface area contributed by atoms with E-state index in [2.05, 4.69) is 10.5 Å². The molecule has 1 aliphatic heterocycles. The van der Waals surface area contributed by atoms with Gasteiger partial charge in [0.25, 0.3) is 11.6 Å². The fourth-order valence-electron chi connectivity index (χ4n) is 3.57. The largest absolute Gasteiger partial charge is 0.322 e. The van der Waals surface area contributed by atoms with Gasteiger partial charge in [-0.3, -0.25) is 19.7 Å². The van der Waals surface area contributed by atoms with Gasteiger partial charge in [-0.15, -0.1) is 11.8 Å². The fourth-order valence-corrected chi connectivity index (χ4v) is 4.76. The van der Waals surface area contributed by atoms with Crippen molar-refractivity contribution in [1.82, 2.24) is 10.3 Å². The third-order valence-corrected chi connectivity index (χ3v) is 6.70. The van der Waals surface area contributed by atoms with Gasteiger partial charge in [-0.2, -0.15) is 5.10 Å². The summed E-state index contributed by atoms with van der Waals surface area (Å²) in [4.78, 5) is 37.1. The Morgan fingerprint density at radius 3 is 2.35 bits per heavy atom. The van der Waals surface area contributed by atoms with Gasteiger partial charge in [-0.1, -0.05) is 42.5 Å². The topological polar surface area (TPSA) is 105 Å². The normalized spacial score (nSPS) is 15.9. The number of thioether (sulfide) groups is 1. The zero-order valence-corrected chi connectivity index (χ0v) is 19.2. The van der Waals surface area contributed by atoms with Crippen molar-refractivity contribution in [3.63, 3.8) is 0 Å². The SMILES string of the molecule is C/C(=N/NC(=O)c1ccc([C@H]2SCC(=O)N2Cc2ccccc2)cc1)c1ccc([N+](=O)[O-])cc1. The van der Waals surface area contributed by atoms with Crippen molar-refractivity contribution in [2.45, 2.75) is 18.8 Å². The number of non-ortho nitro benzene ring substituents is 1. The van der Waals surface area contributed by atoms with E-state index in [4.69, 9.17) is 0 Å². The number of hydrazone groups is 1. The lowest BCUT2D eigenvalue weighted by molar-refractivity contribution is -0.384. The number of nitro groups is 1. The Labute approximate surface area is 200 Å². The quantitative estimate of drug-likeness (QED) is 0.308. The summed E-state index contributed by atoms with van der Waals surface area (Å²) in [6, 6.07) is 22.9. The van der Waals surface area contributed by atoms with Crippen molar-refractivity contribution >= 4 is 35.0 Å². The maximum Gasteiger partial charge on any atom is 0.271 e. The highest BCUT2D eigenvalue weighted by Crippen LogP contribution is 2.39. The van der Waals surface area contributed by atoms with E-state index in [-0.39, 0.29) is 22.9 Å². The third-order valence-electron chi connectivity index (χ3n) is 5.44. The molecule has 0 aliphatic carbocycles. The number of amides is 2. The zero-order valence-electron chi connectivity index (χ0n) is 18.4. The molecule has 3 aromatic rings. The predicted molar refractivity (Wildman–Crippen MR) is 131 cm³/mol. The lowest BCUT2D eigenvalue weighted by Gasteiger charge is -2.24. The number of hydrogen-bond donors (Lipinski definition) is 1. The maximum atomic E-state index is 12.5. The van der Waals surface area contributed by atoms with Crippen LogP contribution in [0.2, 0.25) is 0 Å². The Balaban J connectivity index is 1.41. The van der Waals surface area contributed by atoms with E-state index in [1.54, 1.807) is 43.0 Å². The minimum absolute atomic E-state index is 0.00913. The minimum Gasteiger partial charge on any atom is -0.322 e. The highest BCUT2D eigenvalue weighted by atomic mass is 32.2. The van der Waals surface area contributed by atoms with Crippen LogP contribution in [0, 0.1) is 10.1 Å². The van der Waals surface area contributed by atoms with Crippen molar-refractivity contribution in [2.75, 3.05) is 5.75 Å². The molecule has 0 radical (unpaired) electrons. The van der Waals surface area contributed by atoms with Crippen LogP contribution in [0.4, 0.5) is 5.69 Å². The molecule has 34 heavy (non-hydrogen) atoms. The monoisotopic (exact) mass is 474 g/mol. The third kappa shape index (κ3) is 5.32. The molecule has 8 nitrogen and oxygen atoms in total. The number of nitrogens with one attached hydrogen (secondary N) is 1. The maximum absolute atomic E-state index is 12.5. The molecule has 3 aromatic carbocycles. The number of rotatable bonds is 7. The van der Waals surface area contributed by atoms with Crippen molar-refractivity contribution < 1.29 is 14.5 Å². The average Bonchev–Trinajstić information content (AvgIpc) is 3.23. The van der Waals surface area contributed by atoms with Gasteiger partial charge in [0.05, 0.1) is 16.4 Å². The van der Waals surface area contributed by atoms with Crippen molar-refractivity contribution in [3.05, 3.63) is 111 Å². The first-order valence-electron chi connectivity index (χ1n) is 10.6. The lowest BCUT2D eigenvalue weighted by Crippen LogP contribution is -2.27. The molecule has 9 heteroatoms. The Hall–Kier alpha value is -3.98. The summed E-state index contributed by atoms with van der Waals surface area (Å²) < 4.78 is 0. The molecule has 1 aliphatic rings. The molecule has 0 saturated carbocycles. The van der Waals surface area contributed by atoms with E-state index in [1.165, 1.54) is 12.1 Å². The van der Waals surface area contributed by atoms with Crippen LogP contribution in [0.15, 0.2) is 84.0 Å². The fraction of sp³-hybridized carbons (Fsp3) is 0.160. The predicted octanol–water partition coefficient (Wildman–Crippen LogP) is 4.52. The Kier molecular flexibility index (Phi) is 7.03. The highest BCUT2D eigenvalue weighted by molar-refractivity contribution is 8.00. The van der Waals surface area contributed by atoms with E-state index >= 15 is 0 Å². The number of nitro benzene ring substituents is 1. The van der Waals surface area contributed by atoms with Crippen LogP contribution in [0.3, 0.4) is 0 Å². The van der Waals surface area contributed by atoms with E-state index in [1.807, 2.05) is 47.4 Å². The van der Waals surface area contributed by atoms with Crippen LogP contribution in [0.5, 0.6) is 0 Å². The molecule has 1 heterocycles. The van der Waals surface area contributed by atoms with Crippen LogP contribution in [0.1, 0.15) is 39.3 Å². The Bertz CT molecular complexity index is 1230. The van der Waals surface area contributed by atoms with Crippen LogP contribution in [0.25, 0.3) is 0 Å². The van der Waals surface area contributed by atoms with Crippen LogP contribution in [-0.4, -0.2) is 33.1 Å². The molecule has 1 saturated heterocycles. The van der Waals surface area contributed by atoms with E-state index < -0.39 is 4.92 Å². The van der Waals surface area contributed by atoms with Gasteiger partial charge >= 0.3 is 0 Å². The van der Waals surface area contributed by atoms with Gasteiger partial charge in [0.15, 0.2) is 0 Å². The second-order valence-electron chi connectivity index (χ2n) is 7.73. The van der Waals surface area contributed by atoms with Gasteiger partial charge in [0.2, 0.25) is 5.91 Å². The zero-order chi connectivity index (χ0) is 24.1. The average molecular weight is 475 g/mol. The van der Waals surface area contributed by atoms with Crippen LogP contribution in [-0.2, 0) is 11.3 Å². The molecule has 172 valence electrons. The number of hydrogen-bond acceptors (Lipinski definition) is 6. The molecular formula is C25H22N4O4S. The standard InChI is InChI=1S/C25H22N4O4S/c1-17(19-11-13-22(14-12-19)29(32)33)26-27-24(31)20-7-9-21(10-8-20)25-28(23(30)16-34-25)15-18-5-3-2-4-6-18/h2-14,25H,15-16H2,1H3,(H,27,31)/b26-17-/t25-/m1/s1. The molecule has 1 atom stereocenters. The molecule has 4 rings (SSSR count). The number of carbonyl (C=O) groups excluding carboxylic acids is 2. The molecule has 1 fully saturated rings. The summed E-state index contributed by atoms with van der Waals surface area (Å²) in [6.45, 7) is 2.25. The van der Waals surface area contributed by atoms with Gasteiger partial charge in [-0.25, -0.2) is 5.43 Å². The summed E-state index contributed by atoms with van der Waals surface area (Å²) in [5.74, 6) is 0.150. The summed E-state index contributed by atoms with van der Waals surface area (Å²) in [7, 11) is 0. The minimum atomic E-state index is -0.470. The highest BCUT2D eigenvalue weighted by Gasteiger charge is 2.32. The number of carbonyl (C=O) groups is 2. The molecule has 2 amide bonds. The van der Waals surface area contributed by atoms with Crippen LogP contribution < -0.4 is 5.43 Å². The molecule has 0 unspecified atom stereocenters. The van der Waals surface area contributed by atoms with Gasteiger partial charge < -0.3 is 4.90 Å². The molecule has 1 N–H and O–H groups in total. The Morgan fingerprint density at radius 2 is 1.71 bits per heavy atom. The van der Waals surface area contributed by atoms with E-state index in [9.17, 15) is 19.7 Å². The summed E-state index contributed by atoms with van der Waals surface area (Å²) in [6.07, 6.45) is 0. The smallest absolute Gasteiger partial charge is 0.271 e. The first-order chi connectivity index (χ1) is 16.4. The van der Waals surface area contributed by atoms with Gasteiger partial charge in [0, 0.05) is 24.2 Å². The van der Waals surface area contributed by atoms with Crippen molar-refractivity contribution in [3.8, 4) is 0 Å². The lowest BCUT2D eigenvalue weighted by atomic mass is 10.1. The van der Waals surface area contributed by atoms with Crippen LogP contribution >= 0.6 is 11.8 Å².